The van der Waals surface area contributed by atoms with Crippen LogP contribution >= 0.6 is 11.6 Å². The summed E-state index contributed by atoms with van der Waals surface area (Å²) in [5.74, 6) is 0.583. The number of hydrogen-bond acceptors (Lipinski definition) is 1. The first-order valence-electron chi connectivity index (χ1n) is 2.82. The quantitative estimate of drug-likeness (QED) is 0.407. The van der Waals surface area contributed by atoms with Gasteiger partial charge in [0.1, 0.15) is 0 Å². The van der Waals surface area contributed by atoms with Crippen molar-refractivity contribution < 1.29 is 0 Å². The zero-order valence-corrected chi connectivity index (χ0v) is 7.50. The van der Waals surface area contributed by atoms with E-state index < -0.39 is 0 Å². The summed E-state index contributed by atoms with van der Waals surface area (Å²) in [6.07, 6.45) is 0. The van der Waals surface area contributed by atoms with E-state index in [1.165, 1.54) is 0 Å². The molecule has 0 rings (SSSR count). The van der Waals surface area contributed by atoms with Gasteiger partial charge in [-0.3, -0.25) is 0 Å². The topological polar surface area (TPSA) is 3.24 Å². The molecule has 0 aromatic rings. The van der Waals surface area contributed by atoms with Gasteiger partial charge in [0.2, 0.25) is 0 Å². The Morgan fingerprint density at radius 3 is 1.56 bits per heavy atom. The molecule has 56 valence electrons. The number of halogens is 1. The minimum absolute atomic E-state index is 0.583. The molecule has 0 aromatic heterocycles. The summed E-state index contributed by atoms with van der Waals surface area (Å²) in [6.45, 7) is 5.44. The fraction of sp³-hybridized carbons (Fsp3) is 0.714. The Kier molecular flexibility index (Phi) is 10.4. The van der Waals surface area contributed by atoms with E-state index in [2.05, 4.69) is 6.58 Å². The van der Waals surface area contributed by atoms with Crippen molar-refractivity contribution in [3.8, 4) is 0 Å². The van der Waals surface area contributed by atoms with Crippen LogP contribution in [0.15, 0.2) is 12.2 Å². The standard InChI is InChI=1S/C4H7Cl.C3H9N/c1-4(2)3-5;1-4(2)3/h1,3H2,2H3;1-3H3. The third kappa shape index (κ3) is 72.4. The highest BCUT2D eigenvalue weighted by atomic mass is 35.5. The predicted octanol–water partition coefficient (Wildman–Crippen LogP) is 1.98. The monoisotopic (exact) mass is 149 g/mol. The maximum Gasteiger partial charge on any atom is 0.0428 e. The second-order valence-corrected chi connectivity index (χ2v) is 2.70. The molecular weight excluding hydrogens is 134 g/mol. The Balaban J connectivity index is 0. The molecule has 2 heteroatoms. The number of alkyl halides is 1. The first-order chi connectivity index (χ1) is 4.00. The van der Waals surface area contributed by atoms with Crippen LogP contribution in [0.1, 0.15) is 6.92 Å². The summed E-state index contributed by atoms with van der Waals surface area (Å²) < 4.78 is 0. The van der Waals surface area contributed by atoms with E-state index in [4.69, 9.17) is 11.6 Å². The third-order valence-corrected chi connectivity index (χ3v) is 0.684. The van der Waals surface area contributed by atoms with E-state index in [1.807, 2.05) is 33.0 Å². The Bertz CT molecular complexity index is 66.6. The van der Waals surface area contributed by atoms with Gasteiger partial charge in [-0.2, -0.15) is 0 Å². The van der Waals surface area contributed by atoms with Crippen molar-refractivity contribution in [2.75, 3.05) is 27.0 Å². The first kappa shape index (κ1) is 11.7. The van der Waals surface area contributed by atoms with Gasteiger partial charge >= 0.3 is 0 Å². The molecule has 0 aliphatic carbocycles. The van der Waals surface area contributed by atoms with E-state index in [9.17, 15) is 0 Å². The van der Waals surface area contributed by atoms with Crippen LogP contribution < -0.4 is 0 Å². The van der Waals surface area contributed by atoms with Crippen LogP contribution in [-0.4, -0.2) is 31.9 Å². The summed E-state index contributed by atoms with van der Waals surface area (Å²) in [5.41, 5.74) is 1.02. The molecule has 0 bridgehead atoms. The molecule has 1 nitrogen and oxygen atoms in total. The average molecular weight is 150 g/mol. The van der Waals surface area contributed by atoms with Gasteiger partial charge in [0, 0.05) is 5.88 Å². The summed E-state index contributed by atoms with van der Waals surface area (Å²) >= 11 is 5.24. The molecule has 0 fully saturated rings. The van der Waals surface area contributed by atoms with Crippen molar-refractivity contribution in [2.45, 2.75) is 6.92 Å². The highest BCUT2D eigenvalue weighted by Crippen LogP contribution is 1.86. The Hall–Kier alpha value is -0.0100. The largest absolute Gasteiger partial charge is 0.312 e. The molecule has 0 spiro atoms. The highest BCUT2D eigenvalue weighted by molar-refractivity contribution is 6.19. The maximum absolute atomic E-state index is 5.24. The lowest BCUT2D eigenvalue weighted by Crippen LogP contribution is -1.99. The van der Waals surface area contributed by atoms with Crippen LogP contribution in [0, 0.1) is 0 Å². The van der Waals surface area contributed by atoms with Gasteiger partial charge in [0.25, 0.3) is 0 Å². The van der Waals surface area contributed by atoms with Crippen molar-refractivity contribution in [2.24, 2.45) is 0 Å². The minimum atomic E-state index is 0.583. The average Bonchev–Trinajstić information content (AvgIpc) is 1.65. The van der Waals surface area contributed by atoms with E-state index in [0.29, 0.717) is 5.88 Å². The second-order valence-electron chi connectivity index (χ2n) is 2.43. The van der Waals surface area contributed by atoms with Gasteiger partial charge in [-0.1, -0.05) is 12.2 Å². The fourth-order valence-corrected chi connectivity index (χ4v) is 0. The molecule has 0 amide bonds. The number of allylic oxidation sites excluding steroid dienone is 1. The van der Waals surface area contributed by atoms with Crippen LogP contribution in [0.3, 0.4) is 0 Å². The molecule has 0 unspecified atom stereocenters. The molecule has 0 atom stereocenters. The zero-order chi connectivity index (χ0) is 7.86. The smallest absolute Gasteiger partial charge is 0.0428 e. The SMILES string of the molecule is C=C(C)CCl.CN(C)C. The van der Waals surface area contributed by atoms with Gasteiger partial charge in [-0.05, 0) is 28.1 Å². The fourth-order valence-electron chi connectivity index (χ4n) is 0. The number of rotatable bonds is 1. The van der Waals surface area contributed by atoms with Gasteiger partial charge in [-0.15, -0.1) is 11.6 Å². The molecule has 0 heterocycles. The van der Waals surface area contributed by atoms with Gasteiger partial charge in [-0.25, -0.2) is 0 Å². The summed E-state index contributed by atoms with van der Waals surface area (Å²) in [5, 5.41) is 0. The van der Waals surface area contributed by atoms with Crippen LogP contribution in [0.2, 0.25) is 0 Å². The van der Waals surface area contributed by atoms with Crippen molar-refractivity contribution in [3.63, 3.8) is 0 Å². The number of nitrogens with zero attached hydrogens (tertiary/aromatic N) is 1. The Labute approximate surface area is 63.3 Å². The molecule has 0 saturated heterocycles. The maximum atomic E-state index is 5.24. The van der Waals surface area contributed by atoms with E-state index >= 15 is 0 Å². The lowest BCUT2D eigenvalue weighted by atomic mass is 10.4. The zero-order valence-electron chi connectivity index (χ0n) is 6.74. The molecule has 0 saturated carbocycles. The van der Waals surface area contributed by atoms with Gasteiger partial charge in [0.05, 0.1) is 0 Å². The summed E-state index contributed by atoms with van der Waals surface area (Å²) in [4.78, 5) is 2.00. The molecule has 0 aromatic carbocycles. The van der Waals surface area contributed by atoms with E-state index in [1.54, 1.807) is 0 Å². The molecule has 9 heavy (non-hydrogen) atoms. The molecule has 0 N–H and O–H groups in total. The molecule has 0 radical (unpaired) electrons. The van der Waals surface area contributed by atoms with Crippen molar-refractivity contribution in [3.05, 3.63) is 12.2 Å². The molecular formula is C7H16ClN. The summed E-state index contributed by atoms with van der Waals surface area (Å²) in [6, 6.07) is 0. The minimum Gasteiger partial charge on any atom is -0.312 e. The Morgan fingerprint density at radius 1 is 1.44 bits per heavy atom. The van der Waals surface area contributed by atoms with E-state index in [0.717, 1.165) is 5.57 Å². The van der Waals surface area contributed by atoms with Crippen LogP contribution in [0.5, 0.6) is 0 Å². The van der Waals surface area contributed by atoms with Crippen molar-refractivity contribution in [1.29, 1.82) is 0 Å². The van der Waals surface area contributed by atoms with Crippen LogP contribution in [-0.2, 0) is 0 Å². The van der Waals surface area contributed by atoms with E-state index in [-0.39, 0.29) is 0 Å². The van der Waals surface area contributed by atoms with Crippen LogP contribution in [0.4, 0.5) is 0 Å². The van der Waals surface area contributed by atoms with Gasteiger partial charge < -0.3 is 4.90 Å². The Morgan fingerprint density at radius 2 is 1.56 bits per heavy atom. The predicted molar refractivity (Wildman–Crippen MR) is 45.1 cm³/mol. The summed E-state index contributed by atoms with van der Waals surface area (Å²) in [7, 11) is 6.00. The lowest BCUT2D eigenvalue weighted by Gasteiger charge is -1.90. The first-order valence-corrected chi connectivity index (χ1v) is 3.35. The third-order valence-electron chi connectivity index (χ3n) is 0.228. The van der Waals surface area contributed by atoms with Crippen molar-refractivity contribution >= 4 is 11.6 Å². The normalized spacial score (nSPS) is 8.22. The molecule has 0 aliphatic heterocycles. The van der Waals surface area contributed by atoms with Crippen molar-refractivity contribution in [1.82, 2.24) is 4.90 Å². The molecule has 0 aliphatic rings. The van der Waals surface area contributed by atoms with Gasteiger partial charge in [0.15, 0.2) is 0 Å². The second kappa shape index (κ2) is 7.99. The lowest BCUT2D eigenvalue weighted by molar-refractivity contribution is 0.505. The number of hydrogen-bond donors (Lipinski definition) is 0. The highest BCUT2D eigenvalue weighted by Gasteiger charge is 1.70. The van der Waals surface area contributed by atoms with Crippen LogP contribution in [0.25, 0.3) is 0 Å².